The van der Waals surface area contributed by atoms with Crippen LogP contribution in [-0.2, 0) is 28.5 Å². The molecule has 0 spiro atoms. The Morgan fingerprint density at radius 1 is 1.04 bits per heavy atom. The number of amides is 3. The first-order chi connectivity index (χ1) is 12.6. The number of hydrogen-bond acceptors (Lipinski definition) is 8. The van der Waals surface area contributed by atoms with Crippen molar-refractivity contribution in [2.45, 2.75) is 69.8 Å². The maximum absolute atomic E-state index is 12.9. The molecular weight excluding hydrogens is 362 g/mol. The minimum Gasteiger partial charge on any atom is -0.351 e. The van der Waals surface area contributed by atoms with Crippen LogP contribution in [0.5, 0.6) is 0 Å². The van der Waals surface area contributed by atoms with E-state index >= 15 is 0 Å². The highest BCUT2D eigenvalue weighted by Gasteiger charge is 2.68. The molecule has 4 atom stereocenters. The summed E-state index contributed by atoms with van der Waals surface area (Å²) < 4.78 is 29.4. The second-order valence-corrected chi connectivity index (χ2v) is 7.63. The summed E-state index contributed by atoms with van der Waals surface area (Å²) in [6.45, 7) is 7.67. The Hall–Kier alpha value is -1.50. The van der Waals surface area contributed by atoms with Crippen molar-refractivity contribution in [3.8, 4) is 0 Å². The van der Waals surface area contributed by atoms with Gasteiger partial charge in [0.2, 0.25) is 0 Å². The number of urea groups is 1. The van der Waals surface area contributed by atoms with Gasteiger partial charge in [0.05, 0.1) is 6.61 Å². The lowest BCUT2D eigenvalue weighted by Crippen LogP contribution is -2.65. The summed E-state index contributed by atoms with van der Waals surface area (Å²) in [7, 11) is 0. The Bertz CT molecular complexity index is 598. The van der Waals surface area contributed by atoms with E-state index in [-0.39, 0.29) is 25.8 Å². The molecular formula is C16H27N3O8. The number of hydrogen-bond donors (Lipinski definition) is 4. The average molecular weight is 389 g/mol. The summed E-state index contributed by atoms with van der Waals surface area (Å²) in [5, 5.41) is 13.6. The highest BCUT2D eigenvalue weighted by atomic mass is 16.9. The van der Waals surface area contributed by atoms with E-state index in [4.69, 9.17) is 28.9 Å². The molecule has 0 aliphatic carbocycles. The standard InChI is InChI=1S/C16H27N3O8/c1-14(2)24-9-8-23-16(11(10(9)25-14)26-15(3,4)27-16)12(20)17-6-5-7-18-13(21)19-22/h9-11,22H,5-8H2,1-4H3,(H,17,20)(H2,18,19,21). The van der Waals surface area contributed by atoms with E-state index < -0.39 is 41.5 Å². The fourth-order valence-corrected chi connectivity index (χ4v) is 3.58. The molecule has 3 heterocycles. The van der Waals surface area contributed by atoms with Gasteiger partial charge < -0.3 is 34.3 Å². The number of carbonyl (C=O) groups excluding carboxylic acids is 2. The molecule has 0 aromatic heterocycles. The molecule has 27 heavy (non-hydrogen) atoms. The van der Waals surface area contributed by atoms with Crippen molar-refractivity contribution in [3.05, 3.63) is 0 Å². The van der Waals surface area contributed by atoms with E-state index in [0.29, 0.717) is 6.42 Å². The van der Waals surface area contributed by atoms with Gasteiger partial charge in [0.15, 0.2) is 17.7 Å². The van der Waals surface area contributed by atoms with Gasteiger partial charge in [-0.25, -0.2) is 10.3 Å². The second-order valence-electron chi connectivity index (χ2n) is 7.63. The predicted molar refractivity (Wildman–Crippen MR) is 88.5 cm³/mol. The normalized spacial score (nSPS) is 35.8. The van der Waals surface area contributed by atoms with Crippen molar-refractivity contribution < 1.29 is 38.5 Å². The maximum Gasteiger partial charge on any atom is 0.338 e. The van der Waals surface area contributed by atoms with Gasteiger partial charge in [-0.05, 0) is 34.1 Å². The summed E-state index contributed by atoms with van der Waals surface area (Å²) in [5.41, 5.74) is 1.46. The minimum atomic E-state index is -1.63. The van der Waals surface area contributed by atoms with Crippen molar-refractivity contribution >= 4 is 11.9 Å². The summed E-state index contributed by atoms with van der Waals surface area (Å²) in [6, 6.07) is -0.711. The number of fused-ring (bicyclic) bond motifs is 3. The van der Waals surface area contributed by atoms with E-state index in [1.807, 2.05) is 0 Å². The predicted octanol–water partition coefficient (Wildman–Crippen LogP) is -0.421. The molecule has 154 valence electrons. The Morgan fingerprint density at radius 2 is 1.74 bits per heavy atom. The molecule has 0 aromatic carbocycles. The van der Waals surface area contributed by atoms with Crippen LogP contribution >= 0.6 is 0 Å². The van der Waals surface area contributed by atoms with Crippen LogP contribution < -0.4 is 16.1 Å². The maximum atomic E-state index is 12.9. The average Bonchev–Trinajstić information content (AvgIpc) is 3.05. The fourth-order valence-electron chi connectivity index (χ4n) is 3.58. The number of hydroxylamine groups is 1. The highest BCUT2D eigenvalue weighted by molar-refractivity contribution is 5.85. The lowest BCUT2D eigenvalue weighted by atomic mass is 9.96. The molecule has 0 radical (unpaired) electrons. The van der Waals surface area contributed by atoms with Crippen LogP contribution in [0.15, 0.2) is 0 Å². The molecule has 3 aliphatic rings. The van der Waals surface area contributed by atoms with E-state index in [1.165, 1.54) is 5.48 Å². The minimum absolute atomic E-state index is 0.135. The van der Waals surface area contributed by atoms with E-state index in [9.17, 15) is 9.59 Å². The smallest absolute Gasteiger partial charge is 0.338 e. The van der Waals surface area contributed by atoms with Crippen molar-refractivity contribution in [1.29, 1.82) is 0 Å². The van der Waals surface area contributed by atoms with Gasteiger partial charge in [-0.1, -0.05) is 0 Å². The second kappa shape index (κ2) is 7.15. The third kappa shape index (κ3) is 4.03. The lowest BCUT2D eigenvalue weighted by molar-refractivity contribution is -0.267. The Morgan fingerprint density at radius 3 is 2.44 bits per heavy atom. The number of rotatable bonds is 5. The molecule has 11 heteroatoms. The summed E-state index contributed by atoms with van der Waals surface area (Å²) in [4.78, 5) is 23.8. The molecule has 11 nitrogen and oxygen atoms in total. The first-order valence-corrected chi connectivity index (χ1v) is 8.92. The molecule has 0 bridgehead atoms. The summed E-state index contributed by atoms with van der Waals surface area (Å²) in [6.07, 6.45) is -1.20. The van der Waals surface area contributed by atoms with Crippen molar-refractivity contribution in [2.75, 3.05) is 19.7 Å². The Balaban J connectivity index is 1.65. The van der Waals surface area contributed by atoms with Crippen LogP contribution in [-0.4, -0.2) is 72.5 Å². The van der Waals surface area contributed by atoms with Gasteiger partial charge in [0.1, 0.15) is 12.2 Å². The van der Waals surface area contributed by atoms with Gasteiger partial charge in [-0.2, -0.15) is 0 Å². The van der Waals surface area contributed by atoms with E-state index in [1.54, 1.807) is 27.7 Å². The van der Waals surface area contributed by atoms with Gasteiger partial charge in [-0.15, -0.1) is 0 Å². The van der Waals surface area contributed by atoms with Crippen molar-refractivity contribution in [1.82, 2.24) is 16.1 Å². The molecule has 4 unspecified atom stereocenters. The Labute approximate surface area is 156 Å². The monoisotopic (exact) mass is 389 g/mol. The number of nitrogens with one attached hydrogen (secondary N) is 3. The van der Waals surface area contributed by atoms with Gasteiger partial charge in [0.25, 0.3) is 11.7 Å². The highest BCUT2D eigenvalue weighted by Crippen LogP contribution is 2.47. The number of ether oxygens (including phenoxy) is 5. The lowest BCUT2D eigenvalue weighted by Gasteiger charge is -2.39. The van der Waals surface area contributed by atoms with Gasteiger partial charge in [-0.3, -0.25) is 10.0 Å². The first-order valence-electron chi connectivity index (χ1n) is 8.92. The molecule has 0 aromatic rings. The third-order valence-electron chi connectivity index (χ3n) is 4.51. The Kier molecular flexibility index (Phi) is 5.36. The van der Waals surface area contributed by atoms with Crippen LogP contribution in [0.25, 0.3) is 0 Å². The zero-order chi connectivity index (χ0) is 19.9. The molecule has 4 N–H and O–H groups in total. The van der Waals surface area contributed by atoms with Crippen LogP contribution in [0.4, 0.5) is 4.79 Å². The van der Waals surface area contributed by atoms with Crippen molar-refractivity contribution in [3.63, 3.8) is 0 Å². The third-order valence-corrected chi connectivity index (χ3v) is 4.51. The van der Waals surface area contributed by atoms with Gasteiger partial charge in [0, 0.05) is 13.1 Å². The first kappa shape index (κ1) is 20.2. The molecule has 3 rings (SSSR count). The van der Waals surface area contributed by atoms with Crippen LogP contribution in [0.1, 0.15) is 34.1 Å². The van der Waals surface area contributed by atoms with E-state index in [0.717, 1.165) is 0 Å². The zero-order valence-corrected chi connectivity index (χ0v) is 15.9. The SMILES string of the molecule is CC1(C)OC2COC3(C(=O)NCCCNC(=O)NO)OC(C)(C)OC3C2O1. The topological polar surface area (TPSA) is 137 Å². The number of carbonyl (C=O) groups is 2. The molecule has 3 amide bonds. The fraction of sp³-hybridized carbons (Fsp3) is 0.875. The largest absolute Gasteiger partial charge is 0.351 e. The van der Waals surface area contributed by atoms with Gasteiger partial charge >= 0.3 is 6.03 Å². The summed E-state index contributed by atoms with van der Waals surface area (Å²) in [5.74, 6) is -3.95. The van der Waals surface area contributed by atoms with Crippen molar-refractivity contribution in [2.24, 2.45) is 0 Å². The summed E-state index contributed by atoms with van der Waals surface area (Å²) >= 11 is 0. The molecule has 3 fully saturated rings. The molecule has 3 saturated heterocycles. The van der Waals surface area contributed by atoms with E-state index in [2.05, 4.69) is 10.6 Å². The van der Waals surface area contributed by atoms with Crippen LogP contribution in [0.3, 0.4) is 0 Å². The molecule has 3 aliphatic heterocycles. The van der Waals surface area contributed by atoms with Crippen LogP contribution in [0, 0.1) is 0 Å². The van der Waals surface area contributed by atoms with Crippen LogP contribution in [0.2, 0.25) is 0 Å². The molecule has 0 saturated carbocycles. The quantitative estimate of drug-likeness (QED) is 0.283. The zero-order valence-electron chi connectivity index (χ0n) is 15.9.